The van der Waals surface area contributed by atoms with Crippen molar-refractivity contribution in [3.63, 3.8) is 0 Å². The summed E-state index contributed by atoms with van der Waals surface area (Å²) in [7, 11) is 3.27. The summed E-state index contributed by atoms with van der Waals surface area (Å²) in [5.41, 5.74) is 4.35. The molecule has 0 aliphatic carbocycles. The highest BCUT2D eigenvalue weighted by molar-refractivity contribution is 7.80. The first kappa shape index (κ1) is 20.5. The van der Waals surface area contributed by atoms with Crippen molar-refractivity contribution in [2.45, 2.75) is 25.7 Å². The number of hydrogen-bond donors (Lipinski definition) is 0. The summed E-state index contributed by atoms with van der Waals surface area (Å²) >= 11 is 6.88. The summed E-state index contributed by atoms with van der Waals surface area (Å²) in [5.74, 6) is -1.25. The van der Waals surface area contributed by atoms with E-state index in [2.05, 4.69) is 48.7 Å². The van der Waals surface area contributed by atoms with Crippen LogP contribution in [-0.2, 0) is 21.4 Å². The molecular formula is C25H22N4O2S2. The van der Waals surface area contributed by atoms with Crippen LogP contribution in [0.15, 0.2) is 42.6 Å². The molecule has 0 N–H and O–H groups in total. The molecule has 2 amide bonds. The van der Waals surface area contributed by atoms with Crippen LogP contribution in [0, 0.1) is 5.92 Å². The second kappa shape index (κ2) is 6.71. The Bertz CT molecular complexity index is 1510. The van der Waals surface area contributed by atoms with Gasteiger partial charge in [0.2, 0.25) is 11.8 Å². The van der Waals surface area contributed by atoms with Gasteiger partial charge in [0.15, 0.2) is 5.11 Å². The Kier molecular flexibility index (Phi) is 4.17. The third-order valence-corrected chi connectivity index (χ3v) is 8.79. The van der Waals surface area contributed by atoms with Crippen LogP contribution in [0.5, 0.6) is 0 Å². The summed E-state index contributed by atoms with van der Waals surface area (Å²) in [6.07, 6.45) is 2.18. The van der Waals surface area contributed by atoms with Gasteiger partial charge in [0.1, 0.15) is 16.6 Å². The number of thiophene rings is 1. The SMILES string of the molecule is CN1C(=O)C(Cc2cc3c(s2)-n2c4ncccc4c4cccc(c42)C3(C)C)C(=O)N(C)C1=S. The first-order valence-electron chi connectivity index (χ1n) is 10.8. The van der Waals surface area contributed by atoms with Gasteiger partial charge in [-0.3, -0.25) is 24.0 Å². The van der Waals surface area contributed by atoms with Crippen LogP contribution in [0.2, 0.25) is 0 Å². The molecule has 166 valence electrons. The number of benzene rings is 1. The van der Waals surface area contributed by atoms with E-state index in [1.165, 1.54) is 31.8 Å². The third kappa shape index (κ3) is 2.59. The molecule has 3 aromatic heterocycles. The highest BCUT2D eigenvalue weighted by Crippen LogP contribution is 2.50. The number of carbonyl (C=O) groups excluding carboxylic acids is 2. The molecule has 6 rings (SSSR count). The predicted molar refractivity (Wildman–Crippen MR) is 134 cm³/mol. The molecule has 8 heteroatoms. The highest BCUT2D eigenvalue weighted by atomic mass is 32.1. The molecule has 5 heterocycles. The van der Waals surface area contributed by atoms with Gasteiger partial charge in [0, 0.05) is 47.8 Å². The molecule has 0 saturated carbocycles. The van der Waals surface area contributed by atoms with E-state index in [0.717, 1.165) is 20.9 Å². The van der Waals surface area contributed by atoms with E-state index in [1.54, 1.807) is 25.4 Å². The molecule has 4 aromatic rings. The minimum absolute atomic E-state index is 0.219. The molecule has 1 fully saturated rings. The van der Waals surface area contributed by atoms with E-state index in [1.807, 2.05) is 12.3 Å². The van der Waals surface area contributed by atoms with Crippen LogP contribution in [0.25, 0.3) is 26.9 Å². The van der Waals surface area contributed by atoms with Crippen LogP contribution in [0.4, 0.5) is 0 Å². The van der Waals surface area contributed by atoms with Gasteiger partial charge in [-0.1, -0.05) is 32.0 Å². The molecule has 0 spiro atoms. The number of rotatable bonds is 2. The molecule has 0 atom stereocenters. The maximum Gasteiger partial charge on any atom is 0.241 e. The number of para-hydroxylation sites is 1. The van der Waals surface area contributed by atoms with Gasteiger partial charge in [-0.05, 0) is 41.5 Å². The maximum atomic E-state index is 12.9. The van der Waals surface area contributed by atoms with E-state index in [0.29, 0.717) is 6.42 Å². The summed E-state index contributed by atoms with van der Waals surface area (Å²) in [6.45, 7) is 4.48. The molecule has 0 radical (unpaired) electrons. The van der Waals surface area contributed by atoms with Crippen molar-refractivity contribution in [1.29, 1.82) is 0 Å². The number of nitrogens with zero attached hydrogens (tertiary/aromatic N) is 4. The van der Waals surface area contributed by atoms with Gasteiger partial charge in [0.05, 0.1) is 5.52 Å². The fraction of sp³-hybridized carbons (Fsp3) is 0.280. The van der Waals surface area contributed by atoms with Crippen LogP contribution in [0.1, 0.15) is 29.9 Å². The topological polar surface area (TPSA) is 58.4 Å². The van der Waals surface area contributed by atoms with Crippen molar-refractivity contribution >= 4 is 62.4 Å². The monoisotopic (exact) mass is 474 g/mol. The molecular weight excluding hydrogens is 452 g/mol. The smallest absolute Gasteiger partial charge is 0.241 e. The van der Waals surface area contributed by atoms with Gasteiger partial charge < -0.3 is 0 Å². The number of aromatic nitrogens is 2. The Morgan fingerprint density at radius 2 is 1.73 bits per heavy atom. The lowest BCUT2D eigenvalue weighted by atomic mass is 9.76. The van der Waals surface area contributed by atoms with Crippen molar-refractivity contribution in [3.8, 4) is 5.00 Å². The predicted octanol–water partition coefficient (Wildman–Crippen LogP) is 4.25. The van der Waals surface area contributed by atoms with Gasteiger partial charge in [0.25, 0.3) is 0 Å². The van der Waals surface area contributed by atoms with Crippen molar-refractivity contribution in [3.05, 3.63) is 58.6 Å². The van der Waals surface area contributed by atoms with E-state index in [9.17, 15) is 9.59 Å². The molecule has 2 aliphatic heterocycles. The summed E-state index contributed by atoms with van der Waals surface area (Å²) in [6, 6.07) is 12.7. The standard InChI is InChI=1S/C25H22N4O2S2/c1-25(2)17-9-5-7-14-15-8-6-10-26-20(15)29(19(14)17)23-18(25)12-13(33-23)11-16-21(30)27(3)24(32)28(4)22(16)31/h5-10,12,16H,11H2,1-4H3. The lowest BCUT2D eigenvalue weighted by Crippen LogP contribution is -2.57. The molecule has 1 saturated heterocycles. The van der Waals surface area contributed by atoms with Crippen molar-refractivity contribution < 1.29 is 9.59 Å². The first-order chi connectivity index (χ1) is 15.7. The van der Waals surface area contributed by atoms with Crippen LogP contribution >= 0.6 is 23.6 Å². The van der Waals surface area contributed by atoms with E-state index < -0.39 is 5.92 Å². The lowest BCUT2D eigenvalue weighted by Gasteiger charge is -2.35. The second-order valence-electron chi connectivity index (χ2n) is 9.30. The Morgan fingerprint density at radius 3 is 2.45 bits per heavy atom. The van der Waals surface area contributed by atoms with Crippen LogP contribution < -0.4 is 0 Å². The average Bonchev–Trinajstić information content (AvgIpc) is 3.38. The molecule has 2 aliphatic rings. The first-order valence-corrected chi connectivity index (χ1v) is 12.1. The van der Waals surface area contributed by atoms with Crippen LogP contribution in [0.3, 0.4) is 0 Å². The number of fused-ring (bicyclic) bond motifs is 5. The van der Waals surface area contributed by atoms with Crippen molar-refractivity contribution in [2.24, 2.45) is 5.92 Å². The largest absolute Gasteiger partial charge is 0.291 e. The number of hydrogen-bond acceptors (Lipinski definition) is 5. The Morgan fingerprint density at radius 1 is 1.03 bits per heavy atom. The zero-order valence-corrected chi connectivity index (χ0v) is 20.4. The zero-order chi connectivity index (χ0) is 23.2. The molecule has 6 nitrogen and oxygen atoms in total. The van der Waals surface area contributed by atoms with E-state index in [-0.39, 0.29) is 22.3 Å². The Hall–Kier alpha value is -3.10. The third-order valence-electron chi connectivity index (χ3n) is 7.10. The van der Waals surface area contributed by atoms with Crippen molar-refractivity contribution in [1.82, 2.24) is 19.4 Å². The van der Waals surface area contributed by atoms with E-state index in [4.69, 9.17) is 17.2 Å². The highest BCUT2D eigenvalue weighted by Gasteiger charge is 2.42. The number of amides is 2. The number of carbonyl (C=O) groups is 2. The fourth-order valence-corrected chi connectivity index (χ4v) is 6.80. The molecule has 0 unspecified atom stereocenters. The summed E-state index contributed by atoms with van der Waals surface area (Å²) < 4.78 is 2.26. The van der Waals surface area contributed by atoms with Gasteiger partial charge >= 0.3 is 0 Å². The molecule has 0 bridgehead atoms. The zero-order valence-electron chi connectivity index (χ0n) is 18.7. The number of pyridine rings is 1. The minimum atomic E-state index is -0.767. The Balaban J connectivity index is 1.54. The quantitative estimate of drug-likeness (QED) is 0.322. The summed E-state index contributed by atoms with van der Waals surface area (Å²) in [5, 5.41) is 3.68. The molecule has 33 heavy (non-hydrogen) atoms. The van der Waals surface area contributed by atoms with Gasteiger partial charge in [-0.2, -0.15) is 0 Å². The van der Waals surface area contributed by atoms with Crippen LogP contribution in [-0.4, -0.2) is 50.4 Å². The molecule has 1 aromatic carbocycles. The minimum Gasteiger partial charge on any atom is -0.291 e. The normalized spacial score (nSPS) is 18.0. The fourth-order valence-electron chi connectivity index (χ4n) is 5.25. The lowest BCUT2D eigenvalue weighted by molar-refractivity contribution is -0.145. The Labute approximate surface area is 200 Å². The number of thiocarbonyl (C=S) groups is 1. The van der Waals surface area contributed by atoms with E-state index >= 15 is 0 Å². The average molecular weight is 475 g/mol. The second-order valence-corrected chi connectivity index (χ2v) is 10.8. The summed E-state index contributed by atoms with van der Waals surface area (Å²) in [4.78, 5) is 34.4. The maximum absolute atomic E-state index is 12.9. The van der Waals surface area contributed by atoms with Gasteiger partial charge in [-0.15, -0.1) is 11.3 Å². The van der Waals surface area contributed by atoms with Gasteiger partial charge in [-0.25, -0.2) is 4.98 Å². The van der Waals surface area contributed by atoms with Crippen molar-refractivity contribution in [2.75, 3.05) is 14.1 Å².